The number of carbonyl (C=O) groups is 1. The molecule has 4 rings (SSSR count). The lowest BCUT2D eigenvalue weighted by molar-refractivity contribution is -0.116. The van der Waals surface area contributed by atoms with Crippen molar-refractivity contribution in [3.63, 3.8) is 0 Å². The van der Waals surface area contributed by atoms with Gasteiger partial charge in [0.25, 0.3) is 0 Å². The molecule has 2 aliphatic rings. The minimum Gasteiger partial charge on any atom is -0.493 e. The smallest absolute Gasteiger partial charge is 0.244 e. The zero-order chi connectivity index (χ0) is 23.3. The van der Waals surface area contributed by atoms with E-state index >= 15 is 0 Å². The van der Waals surface area contributed by atoms with Crippen LogP contribution in [0.3, 0.4) is 0 Å². The monoisotopic (exact) mass is 453 g/mol. The number of methoxy groups -OCH3 is 1. The number of amides is 1. The highest BCUT2D eigenvalue weighted by atomic mass is 16.7. The maximum atomic E-state index is 12.7. The molecular formula is C26H31NO6. The molecule has 1 N–H and O–H groups in total. The second-order valence-corrected chi connectivity index (χ2v) is 8.59. The van der Waals surface area contributed by atoms with Crippen molar-refractivity contribution in [1.82, 2.24) is 5.32 Å². The lowest BCUT2D eigenvalue weighted by Crippen LogP contribution is -2.44. The molecule has 0 bridgehead atoms. The van der Waals surface area contributed by atoms with Gasteiger partial charge in [-0.2, -0.15) is 0 Å². The Morgan fingerprint density at radius 3 is 2.64 bits per heavy atom. The SMILES string of the molecule is COc1cc(/C=C/C(=O)NCC2(c3ccc4c(c3)OCO4)CCOCC2)ccc1OC(C)C. The molecule has 1 amide bonds. The van der Waals surface area contributed by atoms with Crippen molar-refractivity contribution in [2.75, 3.05) is 33.7 Å². The van der Waals surface area contributed by atoms with E-state index < -0.39 is 0 Å². The van der Waals surface area contributed by atoms with Crippen molar-refractivity contribution in [1.29, 1.82) is 0 Å². The van der Waals surface area contributed by atoms with Crippen LogP contribution in [0.5, 0.6) is 23.0 Å². The highest BCUT2D eigenvalue weighted by Gasteiger charge is 2.36. The second-order valence-electron chi connectivity index (χ2n) is 8.59. The molecule has 2 aromatic carbocycles. The Morgan fingerprint density at radius 2 is 1.88 bits per heavy atom. The first-order chi connectivity index (χ1) is 16.0. The van der Waals surface area contributed by atoms with Crippen molar-refractivity contribution in [3.8, 4) is 23.0 Å². The van der Waals surface area contributed by atoms with E-state index in [9.17, 15) is 4.79 Å². The summed E-state index contributed by atoms with van der Waals surface area (Å²) in [5.41, 5.74) is 1.78. The Hall–Kier alpha value is -3.19. The summed E-state index contributed by atoms with van der Waals surface area (Å²) in [6.45, 7) is 6.00. The zero-order valence-corrected chi connectivity index (χ0v) is 19.4. The van der Waals surface area contributed by atoms with Crippen LogP contribution in [0.4, 0.5) is 0 Å². The van der Waals surface area contributed by atoms with E-state index in [1.165, 1.54) is 0 Å². The van der Waals surface area contributed by atoms with E-state index in [2.05, 4.69) is 11.4 Å². The standard InChI is InChI=1S/C26H31NO6/c1-18(2)33-22-7-4-19(14-23(22)29-3)5-9-25(28)27-16-26(10-12-30-13-11-26)20-6-8-21-24(15-20)32-17-31-21/h4-9,14-15,18H,10-13,16-17H2,1-3H3,(H,27,28)/b9-5+. The van der Waals surface area contributed by atoms with E-state index in [1.807, 2.05) is 44.2 Å². The van der Waals surface area contributed by atoms with Gasteiger partial charge in [0.1, 0.15) is 0 Å². The zero-order valence-electron chi connectivity index (χ0n) is 19.4. The molecule has 33 heavy (non-hydrogen) atoms. The molecule has 0 spiro atoms. The third kappa shape index (κ3) is 5.42. The number of fused-ring (bicyclic) bond motifs is 1. The molecule has 0 aromatic heterocycles. The minimum atomic E-state index is -0.207. The Morgan fingerprint density at radius 1 is 1.09 bits per heavy atom. The number of ether oxygens (including phenoxy) is 5. The fraction of sp³-hybridized carbons (Fsp3) is 0.423. The molecule has 176 valence electrons. The van der Waals surface area contributed by atoms with Crippen LogP contribution >= 0.6 is 0 Å². The van der Waals surface area contributed by atoms with Crippen molar-refractivity contribution >= 4 is 12.0 Å². The van der Waals surface area contributed by atoms with Crippen LogP contribution < -0.4 is 24.3 Å². The van der Waals surface area contributed by atoms with Gasteiger partial charge in [-0.05, 0) is 68.2 Å². The van der Waals surface area contributed by atoms with Gasteiger partial charge < -0.3 is 29.0 Å². The fourth-order valence-electron chi connectivity index (χ4n) is 4.18. The van der Waals surface area contributed by atoms with Crippen LogP contribution in [0, 0.1) is 0 Å². The Bertz CT molecular complexity index is 1010. The number of hydrogen-bond donors (Lipinski definition) is 1. The summed E-state index contributed by atoms with van der Waals surface area (Å²) in [5.74, 6) is 2.68. The Balaban J connectivity index is 1.43. The molecule has 2 heterocycles. The van der Waals surface area contributed by atoms with Gasteiger partial charge in [-0.1, -0.05) is 12.1 Å². The number of carbonyl (C=O) groups excluding carboxylic acids is 1. The van der Waals surface area contributed by atoms with Gasteiger partial charge in [-0.3, -0.25) is 4.79 Å². The van der Waals surface area contributed by atoms with Crippen molar-refractivity contribution in [2.45, 2.75) is 38.2 Å². The largest absolute Gasteiger partial charge is 0.493 e. The average molecular weight is 454 g/mol. The van der Waals surface area contributed by atoms with Crippen LogP contribution in [0.2, 0.25) is 0 Å². The summed E-state index contributed by atoms with van der Waals surface area (Å²) in [6, 6.07) is 11.6. The van der Waals surface area contributed by atoms with Gasteiger partial charge in [-0.15, -0.1) is 0 Å². The predicted octanol–water partition coefficient (Wildman–Crippen LogP) is 4.09. The summed E-state index contributed by atoms with van der Waals surface area (Å²) >= 11 is 0. The minimum absolute atomic E-state index is 0.0494. The molecular weight excluding hydrogens is 422 g/mol. The normalized spacial score (nSPS) is 16.7. The van der Waals surface area contributed by atoms with Crippen LogP contribution in [-0.4, -0.2) is 45.7 Å². The lowest BCUT2D eigenvalue weighted by Gasteiger charge is -2.38. The van der Waals surface area contributed by atoms with Crippen LogP contribution in [0.1, 0.15) is 37.8 Å². The van der Waals surface area contributed by atoms with Gasteiger partial charge in [0.05, 0.1) is 13.2 Å². The summed E-state index contributed by atoms with van der Waals surface area (Å²) < 4.78 is 27.8. The highest BCUT2D eigenvalue weighted by Crippen LogP contribution is 2.40. The number of nitrogens with one attached hydrogen (secondary N) is 1. The molecule has 2 aromatic rings. The number of hydrogen-bond acceptors (Lipinski definition) is 6. The first kappa shape index (κ1) is 23.0. The molecule has 0 aliphatic carbocycles. The van der Waals surface area contributed by atoms with Gasteiger partial charge in [-0.25, -0.2) is 0 Å². The van der Waals surface area contributed by atoms with E-state index in [0.29, 0.717) is 31.3 Å². The van der Waals surface area contributed by atoms with Gasteiger partial charge in [0.15, 0.2) is 23.0 Å². The summed E-state index contributed by atoms with van der Waals surface area (Å²) in [7, 11) is 1.60. The quantitative estimate of drug-likeness (QED) is 0.607. The van der Waals surface area contributed by atoms with Crippen molar-refractivity contribution < 1.29 is 28.5 Å². The summed E-state index contributed by atoms with van der Waals surface area (Å²) in [6.07, 6.45) is 5.02. The Labute approximate surface area is 194 Å². The summed E-state index contributed by atoms with van der Waals surface area (Å²) in [5, 5.41) is 3.09. The van der Waals surface area contributed by atoms with Gasteiger partial charge >= 0.3 is 0 Å². The molecule has 2 aliphatic heterocycles. The average Bonchev–Trinajstić information content (AvgIpc) is 3.30. The van der Waals surface area contributed by atoms with Crippen LogP contribution in [0.25, 0.3) is 6.08 Å². The third-order valence-corrected chi connectivity index (χ3v) is 6.01. The predicted molar refractivity (Wildman–Crippen MR) is 125 cm³/mol. The van der Waals surface area contributed by atoms with Crippen LogP contribution in [0.15, 0.2) is 42.5 Å². The van der Waals surface area contributed by atoms with Gasteiger partial charge in [0, 0.05) is 31.2 Å². The van der Waals surface area contributed by atoms with E-state index in [-0.39, 0.29) is 24.2 Å². The third-order valence-electron chi connectivity index (χ3n) is 6.01. The molecule has 0 saturated carbocycles. The molecule has 7 heteroatoms. The molecule has 1 saturated heterocycles. The number of benzene rings is 2. The second kappa shape index (κ2) is 10.2. The maximum Gasteiger partial charge on any atom is 0.244 e. The Kier molecular flexibility index (Phi) is 7.08. The number of rotatable bonds is 8. The molecule has 1 fully saturated rings. The molecule has 0 unspecified atom stereocenters. The van der Waals surface area contributed by atoms with E-state index in [1.54, 1.807) is 19.3 Å². The van der Waals surface area contributed by atoms with Crippen LogP contribution in [-0.2, 0) is 14.9 Å². The van der Waals surface area contributed by atoms with Crippen molar-refractivity contribution in [3.05, 3.63) is 53.6 Å². The first-order valence-electron chi connectivity index (χ1n) is 11.3. The summed E-state index contributed by atoms with van der Waals surface area (Å²) in [4.78, 5) is 12.7. The molecule has 0 atom stereocenters. The molecule has 7 nitrogen and oxygen atoms in total. The first-order valence-corrected chi connectivity index (χ1v) is 11.3. The van der Waals surface area contributed by atoms with E-state index in [4.69, 9.17) is 23.7 Å². The lowest BCUT2D eigenvalue weighted by atomic mass is 9.74. The van der Waals surface area contributed by atoms with E-state index in [0.717, 1.165) is 35.5 Å². The topological polar surface area (TPSA) is 75.3 Å². The maximum absolute atomic E-state index is 12.7. The van der Waals surface area contributed by atoms with Crippen molar-refractivity contribution in [2.24, 2.45) is 0 Å². The molecule has 0 radical (unpaired) electrons. The van der Waals surface area contributed by atoms with Gasteiger partial charge in [0.2, 0.25) is 12.7 Å². The fourth-order valence-corrected chi connectivity index (χ4v) is 4.18. The highest BCUT2D eigenvalue weighted by molar-refractivity contribution is 5.91.